The van der Waals surface area contributed by atoms with E-state index in [0.29, 0.717) is 25.1 Å². The highest BCUT2D eigenvalue weighted by molar-refractivity contribution is 5.82. The van der Waals surface area contributed by atoms with E-state index in [1.807, 2.05) is 20.8 Å². The molecular formula is C24H33N7O9. The lowest BCUT2D eigenvalue weighted by molar-refractivity contribution is -0.393. The third-order valence-electron chi connectivity index (χ3n) is 5.48. The highest BCUT2D eigenvalue weighted by Crippen LogP contribution is 2.28. The van der Waals surface area contributed by atoms with Crippen LogP contribution in [0.4, 0.5) is 21.9 Å². The van der Waals surface area contributed by atoms with Gasteiger partial charge < -0.3 is 25.4 Å². The van der Waals surface area contributed by atoms with Crippen LogP contribution in [0.3, 0.4) is 0 Å². The maximum absolute atomic E-state index is 12.3. The standard InChI is InChI=1S/C24H33N7O9/c1-16(28-17(2)32)14-40-24(3,4)8-10-39-23(34)29-13-18(27-15-29)7-9-25-22(33)12-26-20-6-5-19(30(35)36)11-21(20)31(37)38/h5-6,11,13,15-16,26H,7-10,12,14H2,1-4H3,(H,25,33)(H,28,32). The van der Waals surface area contributed by atoms with E-state index < -0.39 is 38.8 Å². The molecule has 0 aliphatic heterocycles. The van der Waals surface area contributed by atoms with Gasteiger partial charge in [0.1, 0.15) is 12.0 Å². The van der Waals surface area contributed by atoms with Gasteiger partial charge in [-0.3, -0.25) is 29.8 Å². The van der Waals surface area contributed by atoms with Crippen molar-refractivity contribution in [1.82, 2.24) is 20.2 Å². The van der Waals surface area contributed by atoms with E-state index in [2.05, 4.69) is 20.9 Å². The summed E-state index contributed by atoms with van der Waals surface area (Å²) in [6.45, 7) is 7.26. The minimum atomic E-state index is -0.778. The second-order valence-corrected chi connectivity index (χ2v) is 9.48. The Hall–Kier alpha value is -4.60. The van der Waals surface area contributed by atoms with Crippen LogP contribution in [0.2, 0.25) is 0 Å². The molecule has 1 aromatic carbocycles. The molecule has 3 N–H and O–H groups in total. The van der Waals surface area contributed by atoms with Crippen LogP contribution in [-0.2, 0) is 25.5 Å². The number of carbonyl (C=O) groups excluding carboxylic acids is 3. The topological polar surface area (TPSA) is 210 Å². The SMILES string of the molecule is CC(=O)NC(C)COC(C)(C)CCOC(=O)n1cnc(CCNC(=O)CNc2ccc([N+](=O)[O-])cc2[N+](=O)[O-])c1. The van der Waals surface area contributed by atoms with Crippen LogP contribution >= 0.6 is 0 Å². The van der Waals surface area contributed by atoms with Crippen molar-refractivity contribution in [2.24, 2.45) is 0 Å². The average molecular weight is 564 g/mol. The summed E-state index contributed by atoms with van der Waals surface area (Å²) >= 11 is 0. The number of non-ortho nitro benzene ring substituents is 1. The molecule has 0 spiro atoms. The molecule has 1 aromatic heterocycles. The summed E-state index contributed by atoms with van der Waals surface area (Å²) in [7, 11) is 0. The lowest BCUT2D eigenvalue weighted by atomic mass is 10.1. The Kier molecular flexibility index (Phi) is 11.5. The highest BCUT2D eigenvalue weighted by Gasteiger charge is 2.22. The molecule has 0 bridgehead atoms. The van der Waals surface area contributed by atoms with Crippen molar-refractivity contribution in [2.45, 2.75) is 52.2 Å². The van der Waals surface area contributed by atoms with Gasteiger partial charge in [0.05, 0.1) is 47.0 Å². The van der Waals surface area contributed by atoms with Crippen molar-refractivity contribution in [3.05, 3.63) is 56.6 Å². The summed E-state index contributed by atoms with van der Waals surface area (Å²) in [5.41, 5.74) is -1.05. The number of imidazole rings is 1. The molecule has 40 heavy (non-hydrogen) atoms. The Morgan fingerprint density at radius 2 is 1.90 bits per heavy atom. The van der Waals surface area contributed by atoms with E-state index in [-0.39, 0.29) is 37.3 Å². The van der Waals surface area contributed by atoms with E-state index in [4.69, 9.17) is 9.47 Å². The molecular weight excluding hydrogens is 530 g/mol. The van der Waals surface area contributed by atoms with E-state index in [1.165, 1.54) is 24.0 Å². The number of rotatable bonds is 15. The second kappa shape index (κ2) is 14.5. The Morgan fingerprint density at radius 1 is 1.18 bits per heavy atom. The van der Waals surface area contributed by atoms with E-state index in [1.54, 1.807) is 0 Å². The minimum absolute atomic E-state index is 0.0301. The molecule has 2 rings (SSSR count). The molecule has 0 aliphatic carbocycles. The Morgan fingerprint density at radius 3 is 2.55 bits per heavy atom. The number of hydrogen-bond acceptors (Lipinski definition) is 11. The number of amides is 2. The van der Waals surface area contributed by atoms with Gasteiger partial charge in [-0.05, 0) is 26.8 Å². The molecule has 2 amide bonds. The van der Waals surface area contributed by atoms with Gasteiger partial charge in [-0.25, -0.2) is 14.3 Å². The molecule has 16 heteroatoms. The molecule has 0 saturated carbocycles. The molecule has 218 valence electrons. The van der Waals surface area contributed by atoms with Crippen molar-refractivity contribution in [3.63, 3.8) is 0 Å². The number of anilines is 1. The summed E-state index contributed by atoms with van der Waals surface area (Å²) in [6, 6.07) is 2.92. The van der Waals surface area contributed by atoms with Gasteiger partial charge in [-0.1, -0.05) is 0 Å². The third kappa shape index (κ3) is 10.6. The summed E-state index contributed by atoms with van der Waals surface area (Å²) in [5.74, 6) is -0.613. The summed E-state index contributed by atoms with van der Waals surface area (Å²) in [6.07, 6.45) is 2.88. The monoisotopic (exact) mass is 563 g/mol. The zero-order valence-electron chi connectivity index (χ0n) is 22.7. The molecule has 1 unspecified atom stereocenters. The molecule has 16 nitrogen and oxygen atoms in total. The molecule has 0 fully saturated rings. The number of carbonyl (C=O) groups is 3. The fraction of sp³-hybridized carbons (Fsp3) is 0.500. The van der Waals surface area contributed by atoms with E-state index in [0.717, 1.165) is 18.2 Å². The molecule has 1 atom stereocenters. The molecule has 0 radical (unpaired) electrons. The fourth-order valence-corrected chi connectivity index (χ4v) is 3.36. The lowest BCUT2D eigenvalue weighted by Gasteiger charge is -2.27. The first-order valence-electron chi connectivity index (χ1n) is 12.3. The lowest BCUT2D eigenvalue weighted by Crippen LogP contribution is -2.38. The average Bonchev–Trinajstić information content (AvgIpc) is 3.34. The maximum atomic E-state index is 12.3. The van der Waals surface area contributed by atoms with Crippen LogP contribution in [0, 0.1) is 20.2 Å². The summed E-state index contributed by atoms with van der Waals surface area (Å²) in [5, 5.41) is 30.0. The van der Waals surface area contributed by atoms with Crippen molar-refractivity contribution in [3.8, 4) is 0 Å². The Balaban J connectivity index is 1.73. The van der Waals surface area contributed by atoms with Crippen molar-refractivity contribution in [1.29, 1.82) is 0 Å². The van der Waals surface area contributed by atoms with Gasteiger partial charge >= 0.3 is 6.09 Å². The van der Waals surface area contributed by atoms with Crippen LogP contribution in [0.1, 0.15) is 39.8 Å². The van der Waals surface area contributed by atoms with Crippen molar-refractivity contribution < 1.29 is 33.7 Å². The third-order valence-corrected chi connectivity index (χ3v) is 5.48. The van der Waals surface area contributed by atoms with E-state index in [9.17, 15) is 34.6 Å². The first-order chi connectivity index (χ1) is 18.8. The van der Waals surface area contributed by atoms with Gasteiger partial charge in [0.2, 0.25) is 11.8 Å². The number of hydrogen-bond donors (Lipinski definition) is 3. The van der Waals surface area contributed by atoms with Crippen LogP contribution < -0.4 is 16.0 Å². The zero-order chi connectivity index (χ0) is 29.9. The first-order valence-corrected chi connectivity index (χ1v) is 12.3. The summed E-state index contributed by atoms with van der Waals surface area (Å²) < 4.78 is 12.3. The van der Waals surface area contributed by atoms with Crippen LogP contribution in [0.15, 0.2) is 30.7 Å². The number of nitrogens with one attached hydrogen (secondary N) is 3. The van der Waals surface area contributed by atoms with Gasteiger partial charge in [0.25, 0.3) is 11.4 Å². The van der Waals surface area contributed by atoms with Crippen molar-refractivity contribution >= 4 is 35.0 Å². The first kappa shape index (κ1) is 31.6. The van der Waals surface area contributed by atoms with Gasteiger partial charge in [0.15, 0.2) is 0 Å². The minimum Gasteiger partial charge on any atom is -0.449 e. The Labute approximate surface area is 229 Å². The quantitative estimate of drug-likeness (QED) is 0.211. The largest absolute Gasteiger partial charge is 0.449 e. The predicted molar refractivity (Wildman–Crippen MR) is 142 cm³/mol. The van der Waals surface area contributed by atoms with Crippen LogP contribution in [0.5, 0.6) is 0 Å². The number of nitro groups is 2. The van der Waals surface area contributed by atoms with Gasteiger partial charge in [0, 0.05) is 44.6 Å². The second-order valence-electron chi connectivity index (χ2n) is 9.48. The number of aromatic nitrogens is 2. The van der Waals surface area contributed by atoms with Gasteiger partial charge in [-0.2, -0.15) is 0 Å². The van der Waals surface area contributed by atoms with Crippen molar-refractivity contribution in [2.75, 3.05) is 31.6 Å². The summed E-state index contributed by atoms with van der Waals surface area (Å²) in [4.78, 5) is 60.1. The predicted octanol–water partition coefficient (Wildman–Crippen LogP) is 2.16. The molecule has 2 aromatic rings. The number of ether oxygens (including phenoxy) is 2. The zero-order valence-corrected chi connectivity index (χ0v) is 22.7. The molecule has 0 saturated heterocycles. The molecule has 1 heterocycles. The molecule has 0 aliphatic rings. The smallest absolute Gasteiger partial charge is 0.419 e. The fourth-order valence-electron chi connectivity index (χ4n) is 3.36. The normalized spacial score (nSPS) is 11.8. The maximum Gasteiger partial charge on any atom is 0.419 e. The van der Waals surface area contributed by atoms with Crippen LogP contribution in [-0.4, -0.2) is 75.3 Å². The van der Waals surface area contributed by atoms with Crippen LogP contribution in [0.25, 0.3) is 0 Å². The number of nitrogens with zero attached hydrogens (tertiary/aromatic N) is 4. The number of nitro benzene ring substituents is 2. The Bertz CT molecular complexity index is 1230. The van der Waals surface area contributed by atoms with E-state index >= 15 is 0 Å². The number of benzene rings is 1. The van der Waals surface area contributed by atoms with Gasteiger partial charge in [-0.15, -0.1) is 0 Å². The highest BCUT2D eigenvalue weighted by atomic mass is 16.6.